The van der Waals surface area contributed by atoms with E-state index in [4.69, 9.17) is 4.74 Å². The van der Waals surface area contributed by atoms with Crippen molar-refractivity contribution < 1.29 is 31.1 Å². The number of nitrogens with one attached hydrogen (secondary N) is 2. The highest BCUT2D eigenvalue weighted by atomic mass is 19.4. The van der Waals surface area contributed by atoms with Gasteiger partial charge in [0, 0.05) is 17.1 Å². The molecule has 2 N–H and O–H groups in total. The Kier molecular flexibility index (Phi) is 9.87. The maximum Gasteiger partial charge on any atom is 0.416 e. The van der Waals surface area contributed by atoms with Crippen LogP contribution in [0, 0.1) is 0 Å². The van der Waals surface area contributed by atoms with E-state index in [-0.39, 0.29) is 23.9 Å². The van der Waals surface area contributed by atoms with Crippen molar-refractivity contribution in [1.29, 1.82) is 0 Å². The Balaban J connectivity index is 1.98. The van der Waals surface area contributed by atoms with E-state index in [2.05, 4.69) is 39.3 Å². The van der Waals surface area contributed by atoms with Gasteiger partial charge in [0.05, 0.1) is 23.3 Å². The van der Waals surface area contributed by atoms with Crippen LogP contribution in [0.5, 0.6) is 5.75 Å². The van der Waals surface area contributed by atoms with Crippen LogP contribution >= 0.6 is 0 Å². The summed E-state index contributed by atoms with van der Waals surface area (Å²) in [5.74, 6) is 0.710. The molecule has 0 saturated carbocycles. The first-order valence-corrected chi connectivity index (χ1v) is 12.8. The summed E-state index contributed by atoms with van der Waals surface area (Å²) in [7, 11) is 0. The topological polar surface area (TPSA) is 62.3 Å². The van der Waals surface area contributed by atoms with Crippen molar-refractivity contribution in [2.24, 2.45) is 0 Å². The van der Waals surface area contributed by atoms with Crippen LogP contribution < -0.4 is 15.4 Å². The first-order chi connectivity index (χ1) is 18.3. The van der Waals surface area contributed by atoms with Crippen molar-refractivity contribution in [2.75, 3.05) is 36.9 Å². The van der Waals surface area contributed by atoms with Gasteiger partial charge in [0.2, 0.25) is 5.95 Å². The smallest absolute Gasteiger partial charge is 0.416 e. The highest BCUT2D eigenvalue weighted by molar-refractivity contribution is 5.93. The van der Waals surface area contributed by atoms with Crippen molar-refractivity contribution in [3.8, 4) is 5.75 Å². The lowest BCUT2D eigenvalue weighted by Gasteiger charge is -2.20. The summed E-state index contributed by atoms with van der Waals surface area (Å²) in [4.78, 5) is 11.3. The summed E-state index contributed by atoms with van der Waals surface area (Å²) < 4.78 is 86.0. The van der Waals surface area contributed by atoms with Crippen LogP contribution in [-0.4, -0.2) is 47.2 Å². The molecule has 0 spiro atoms. The zero-order valence-electron chi connectivity index (χ0n) is 22.3. The third kappa shape index (κ3) is 8.35. The third-order valence-electron chi connectivity index (χ3n) is 6.21. The number of alkyl halides is 6. The lowest BCUT2D eigenvalue weighted by Crippen LogP contribution is -2.26. The molecule has 0 aliphatic heterocycles. The molecule has 0 fully saturated rings. The molecular weight excluding hydrogens is 524 g/mol. The van der Waals surface area contributed by atoms with Gasteiger partial charge in [0.1, 0.15) is 11.6 Å². The number of fused-ring (bicyclic) bond motifs is 1. The molecule has 0 amide bonds. The van der Waals surface area contributed by atoms with E-state index >= 15 is 0 Å². The predicted molar refractivity (Wildman–Crippen MR) is 141 cm³/mol. The van der Waals surface area contributed by atoms with Crippen LogP contribution in [0.25, 0.3) is 10.9 Å². The summed E-state index contributed by atoms with van der Waals surface area (Å²) in [6.45, 7) is 11.2. The van der Waals surface area contributed by atoms with E-state index in [1.54, 1.807) is 25.1 Å². The molecule has 12 heteroatoms. The first-order valence-electron chi connectivity index (χ1n) is 12.8. The number of hydrogen-bond acceptors (Lipinski definition) is 6. The van der Waals surface area contributed by atoms with Gasteiger partial charge in [-0.05, 0) is 82.7 Å². The standard InChI is InChI=1S/C27H33F6N5O/c1-5-38(6-2)12-8-9-17(4)34-25-36-23-11-10-21(39-7-3)16-22(23)24(37-25)35-20-14-18(26(28,29)30)13-19(15-20)27(31,32)33/h10-11,13-17H,5-9,12H2,1-4H3,(H2,34,35,36,37). The van der Waals surface area contributed by atoms with E-state index in [0.29, 0.717) is 35.4 Å². The van der Waals surface area contributed by atoms with Crippen LogP contribution in [0.3, 0.4) is 0 Å². The first kappa shape index (κ1) is 30.3. The molecule has 1 unspecified atom stereocenters. The minimum Gasteiger partial charge on any atom is -0.494 e. The fraction of sp³-hybridized carbons (Fsp3) is 0.481. The number of rotatable bonds is 12. The minimum atomic E-state index is -4.97. The van der Waals surface area contributed by atoms with Gasteiger partial charge in [0.15, 0.2) is 0 Å². The number of nitrogens with zero attached hydrogens (tertiary/aromatic N) is 3. The molecule has 214 valence electrons. The predicted octanol–water partition coefficient (Wildman–Crippen LogP) is 7.73. The van der Waals surface area contributed by atoms with Crippen molar-refractivity contribution in [3.63, 3.8) is 0 Å². The van der Waals surface area contributed by atoms with Crippen molar-refractivity contribution in [1.82, 2.24) is 14.9 Å². The second kappa shape index (κ2) is 12.7. The maximum atomic E-state index is 13.4. The van der Waals surface area contributed by atoms with Gasteiger partial charge in [-0.1, -0.05) is 13.8 Å². The van der Waals surface area contributed by atoms with Gasteiger partial charge in [-0.15, -0.1) is 0 Å². The molecule has 2 aromatic carbocycles. The second-order valence-electron chi connectivity index (χ2n) is 9.14. The minimum absolute atomic E-state index is 0.0288. The van der Waals surface area contributed by atoms with Crippen molar-refractivity contribution in [3.05, 3.63) is 47.5 Å². The molecule has 6 nitrogen and oxygen atoms in total. The average molecular weight is 558 g/mol. The number of hydrogen-bond donors (Lipinski definition) is 2. The highest BCUT2D eigenvalue weighted by Gasteiger charge is 2.37. The molecule has 0 radical (unpaired) electrons. The lowest BCUT2D eigenvalue weighted by molar-refractivity contribution is -0.143. The molecule has 3 rings (SSSR count). The van der Waals surface area contributed by atoms with E-state index in [1.807, 2.05) is 6.92 Å². The van der Waals surface area contributed by atoms with Gasteiger partial charge in [-0.2, -0.15) is 31.3 Å². The lowest BCUT2D eigenvalue weighted by atomic mass is 10.1. The fourth-order valence-corrected chi connectivity index (χ4v) is 4.14. The van der Waals surface area contributed by atoms with E-state index in [0.717, 1.165) is 32.5 Å². The Morgan fingerprint density at radius 2 is 1.54 bits per heavy atom. The molecular formula is C27H33F6N5O. The van der Waals surface area contributed by atoms with Gasteiger partial charge in [-0.3, -0.25) is 0 Å². The Hall–Kier alpha value is -3.28. The number of benzene rings is 2. The van der Waals surface area contributed by atoms with Gasteiger partial charge in [-0.25, -0.2) is 4.98 Å². The summed E-state index contributed by atoms with van der Waals surface area (Å²) in [5, 5.41) is 6.27. The van der Waals surface area contributed by atoms with Gasteiger partial charge in [0.25, 0.3) is 0 Å². The fourth-order valence-electron chi connectivity index (χ4n) is 4.14. The normalized spacial score (nSPS) is 13.1. The Labute approximate surface area is 223 Å². The van der Waals surface area contributed by atoms with Crippen LogP contribution in [0.2, 0.25) is 0 Å². The number of aromatic nitrogens is 2. The molecule has 0 aliphatic carbocycles. The molecule has 0 aliphatic rings. The molecule has 39 heavy (non-hydrogen) atoms. The quantitative estimate of drug-likeness (QED) is 0.222. The van der Waals surface area contributed by atoms with Gasteiger partial charge >= 0.3 is 12.4 Å². The van der Waals surface area contributed by atoms with E-state index in [1.165, 1.54) is 0 Å². The molecule has 1 atom stereocenters. The summed E-state index contributed by atoms with van der Waals surface area (Å²) in [6.07, 6.45) is -8.20. The number of anilines is 3. The molecule has 0 saturated heterocycles. The Morgan fingerprint density at radius 3 is 2.10 bits per heavy atom. The molecule has 3 aromatic rings. The van der Waals surface area contributed by atoms with Crippen molar-refractivity contribution in [2.45, 2.75) is 58.9 Å². The van der Waals surface area contributed by atoms with E-state index < -0.39 is 29.2 Å². The SMILES string of the molecule is CCOc1ccc2nc(NC(C)CCCN(CC)CC)nc(Nc3cc(C(F)(F)F)cc(C(F)(F)F)c3)c2c1. The summed E-state index contributed by atoms with van der Waals surface area (Å²) >= 11 is 0. The zero-order chi connectivity index (χ0) is 28.8. The van der Waals surface area contributed by atoms with Crippen LogP contribution in [0.4, 0.5) is 43.8 Å². The highest BCUT2D eigenvalue weighted by Crippen LogP contribution is 2.39. The third-order valence-corrected chi connectivity index (χ3v) is 6.21. The largest absolute Gasteiger partial charge is 0.494 e. The second-order valence-corrected chi connectivity index (χ2v) is 9.14. The molecule has 1 aromatic heterocycles. The number of ether oxygens (including phenoxy) is 1. The molecule has 0 bridgehead atoms. The summed E-state index contributed by atoms with van der Waals surface area (Å²) in [5.41, 5.74) is -2.81. The van der Waals surface area contributed by atoms with Crippen molar-refractivity contribution >= 4 is 28.4 Å². The van der Waals surface area contributed by atoms with Crippen LogP contribution in [0.1, 0.15) is 51.7 Å². The van der Waals surface area contributed by atoms with Gasteiger partial charge < -0.3 is 20.3 Å². The van der Waals surface area contributed by atoms with E-state index in [9.17, 15) is 26.3 Å². The average Bonchev–Trinajstić information content (AvgIpc) is 2.86. The monoisotopic (exact) mass is 557 g/mol. The Morgan fingerprint density at radius 1 is 0.897 bits per heavy atom. The number of halogens is 6. The van der Waals surface area contributed by atoms with Crippen LogP contribution in [0.15, 0.2) is 36.4 Å². The molecule has 1 heterocycles. The van der Waals surface area contributed by atoms with Crippen LogP contribution in [-0.2, 0) is 12.4 Å². The summed E-state index contributed by atoms with van der Waals surface area (Å²) in [6, 6.07) is 6.25. The maximum absolute atomic E-state index is 13.4. The Bertz CT molecular complexity index is 1210. The zero-order valence-corrected chi connectivity index (χ0v) is 22.3.